The van der Waals surface area contributed by atoms with Gasteiger partial charge in [0.2, 0.25) is 0 Å². The van der Waals surface area contributed by atoms with Crippen LogP contribution >= 0.6 is 0 Å². The van der Waals surface area contributed by atoms with Crippen molar-refractivity contribution in [1.29, 1.82) is 0 Å². The van der Waals surface area contributed by atoms with Crippen LogP contribution in [0.1, 0.15) is 18.0 Å². The molecule has 24 heavy (non-hydrogen) atoms. The van der Waals surface area contributed by atoms with Gasteiger partial charge in [-0.05, 0) is 18.6 Å². The summed E-state index contributed by atoms with van der Waals surface area (Å²) in [6.45, 7) is -0.289. The molecule has 0 fully saturated rings. The molecule has 3 N–H and O–H groups in total. The summed E-state index contributed by atoms with van der Waals surface area (Å²) in [7, 11) is 4.54. The van der Waals surface area contributed by atoms with E-state index in [1.54, 1.807) is 20.2 Å². The van der Waals surface area contributed by atoms with E-state index < -0.39 is 18.2 Å². The first kappa shape index (κ1) is 19.5. The van der Waals surface area contributed by atoms with Crippen LogP contribution < -0.4 is 14.8 Å². The van der Waals surface area contributed by atoms with Crippen LogP contribution in [0.25, 0.3) is 0 Å². The minimum atomic E-state index is -1.23. The summed E-state index contributed by atoms with van der Waals surface area (Å²) in [4.78, 5) is 23.8. The number of nitrogens with one attached hydrogen (secondary N) is 1. The van der Waals surface area contributed by atoms with Gasteiger partial charge in [-0.2, -0.15) is 0 Å². The number of hydrogen-bond acceptors (Lipinski definition) is 6. The molecule has 0 radical (unpaired) electrons. The molecule has 0 saturated carbocycles. The normalized spacial score (nSPS) is 11.5. The minimum Gasteiger partial charge on any atom is -0.467 e. The fourth-order valence-electron chi connectivity index (χ4n) is 1.89. The second kappa shape index (κ2) is 9.58. The van der Waals surface area contributed by atoms with Crippen molar-refractivity contribution in [3.05, 3.63) is 23.8 Å². The van der Waals surface area contributed by atoms with E-state index in [0.717, 1.165) is 0 Å². The van der Waals surface area contributed by atoms with Crippen LogP contribution in [-0.2, 0) is 4.74 Å². The van der Waals surface area contributed by atoms with Crippen molar-refractivity contribution < 1.29 is 34.0 Å². The van der Waals surface area contributed by atoms with E-state index in [9.17, 15) is 9.59 Å². The highest BCUT2D eigenvalue weighted by atomic mass is 16.7. The molecular weight excluding hydrogens is 320 g/mol. The van der Waals surface area contributed by atoms with Crippen molar-refractivity contribution in [3.63, 3.8) is 0 Å². The van der Waals surface area contributed by atoms with Gasteiger partial charge in [-0.3, -0.25) is 0 Å². The van der Waals surface area contributed by atoms with Gasteiger partial charge in [0.05, 0.1) is 6.04 Å². The summed E-state index contributed by atoms with van der Waals surface area (Å²) in [5, 5.41) is 20.4. The van der Waals surface area contributed by atoms with Gasteiger partial charge in [0.25, 0.3) is 0 Å². The minimum absolute atomic E-state index is 0.0724. The average molecular weight is 342 g/mol. The Morgan fingerprint density at radius 1 is 1.33 bits per heavy atom. The largest absolute Gasteiger partial charge is 0.467 e. The van der Waals surface area contributed by atoms with E-state index in [1.807, 2.05) is 0 Å². The van der Waals surface area contributed by atoms with Crippen LogP contribution in [0.15, 0.2) is 18.2 Å². The molecule has 134 valence electrons. The molecule has 2 amide bonds. The summed E-state index contributed by atoms with van der Waals surface area (Å²) in [6, 6.07) is 3.87. The topological polar surface area (TPSA) is 118 Å². The molecule has 0 aliphatic rings. The molecule has 9 heteroatoms. The first-order chi connectivity index (χ1) is 11.4. The number of amides is 2. The molecule has 1 aromatic rings. The molecule has 0 aliphatic carbocycles. The highest BCUT2D eigenvalue weighted by molar-refractivity contribution is 5.70. The fourth-order valence-corrected chi connectivity index (χ4v) is 1.89. The fraction of sp³-hybridized carbons (Fsp3) is 0.467. The third-order valence-electron chi connectivity index (χ3n) is 2.98. The van der Waals surface area contributed by atoms with Crippen molar-refractivity contribution >= 4 is 12.2 Å². The molecule has 1 rings (SSSR count). The van der Waals surface area contributed by atoms with Crippen LogP contribution in [0.3, 0.4) is 0 Å². The van der Waals surface area contributed by atoms with E-state index in [0.29, 0.717) is 5.56 Å². The lowest BCUT2D eigenvalue weighted by molar-refractivity contribution is 0.0498. The number of benzene rings is 1. The van der Waals surface area contributed by atoms with Crippen molar-refractivity contribution in [2.45, 2.75) is 12.5 Å². The van der Waals surface area contributed by atoms with Crippen LogP contribution in [0.2, 0.25) is 0 Å². The van der Waals surface area contributed by atoms with E-state index in [4.69, 9.17) is 24.4 Å². The van der Waals surface area contributed by atoms with Crippen molar-refractivity contribution in [2.24, 2.45) is 0 Å². The Morgan fingerprint density at radius 3 is 2.58 bits per heavy atom. The third kappa shape index (κ3) is 5.94. The smallest absolute Gasteiger partial charge is 0.414 e. The number of methoxy groups -OCH3 is 1. The maximum Gasteiger partial charge on any atom is 0.414 e. The number of aliphatic hydroxyl groups excluding tert-OH is 1. The monoisotopic (exact) mass is 342 g/mol. The second-order valence-corrected chi connectivity index (χ2v) is 5.03. The average Bonchev–Trinajstić information content (AvgIpc) is 2.52. The SMILES string of the molecule is COCOc1cc(OC(=O)N(C)C)ccc1[C@@H](CCO)NC(=O)O. The maximum atomic E-state index is 11.6. The van der Waals surface area contributed by atoms with Crippen LogP contribution in [0.5, 0.6) is 11.5 Å². The van der Waals surface area contributed by atoms with E-state index in [2.05, 4.69) is 5.32 Å². The van der Waals surface area contributed by atoms with Gasteiger partial charge in [0, 0.05) is 39.4 Å². The van der Waals surface area contributed by atoms with Crippen molar-refractivity contribution in [2.75, 3.05) is 34.6 Å². The number of carboxylic acid groups (broad SMARTS) is 1. The predicted octanol–water partition coefficient (Wildman–Crippen LogP) is 1.42. The Hall–Kier alpha value is -2.52. The van der Waals surface area contributed by atoms with Gasteiger partial charge in [0.1, 0.15) is 11.5 Å². The molecule has 0 saturated heterocycles. The van der Waals surface area contributed by atoms with E-state index >= 15 is 0 Å². The predicted molar refractivity (Wildman–Crippen MR) is 84.3 cm³/mol. The molecule has 1 atom stereocenters. The summed E-state index contributed by atoms with van der Waals surface area (Å²) in [6.07, 6.45) is -1.63. The lowest BCUT2D eigenvalue weighted by Crippen LogP contribution is -2.28. The van der Waals surface area contributed by atoms with E-state index in [1.165, 1.54) is 24.1 Å². The molecule has 0 aromatic heterocycles. The molecule has 0 aliphatic heterocycles. The number of ether oxygens (including phenoxy) is 3. The zero-order valence-electron chi connectivity index (χ0n) is 13.8. The molecule has 1 aromatic carbocycles. The Bertz CT molecular complexity index is 563. The molecule has 0 spiro atoms. The Labute approximate surface area is 139 Å². The van der Waals surface area contributed by atoms with Gasteiger partial charge in [-0.25, -0.2) is 9.59 Å². The molecule has 9 nitrogen and oxygen atoms in total. The molecular formula is C15H22N2O7. The van der Waals surface area contributed by atoms with Gasteiger partial charge in [-0.15, -0.1) is 0 Å². The highest BCUT2D eigenvalue weighted by Gasteiger charge is 2.20. The first-order valence-electron chi connectivity index (χ1n) is 7.14. The third-order valence-corrected chi connectivity index (χ3v) is 2.98. The summed E-state index contributed by atoms with van der Waals surface area (Å²) >= 11 is 0. The maximum absolute atomic E-state index is 11.6. The van der Waals surface area contributed by atoms with Gasteiger partial charge >= 0.3 is 12.2 Å². The number of hydrogen-bond donors (Lipinski definition) is 3. The number of nitrogens with zero attached hydrogens (tertiary/aromatic N) is 1. The summed E-state index contributed by atoms with van der Waals surface area (Å²) in [5.41, 5.74) is 0.494. The number of carbonyl (C=O) groups excluding carboxylic acids is 1. The molecule has 0 bridgehead atoms. The first-order valence-corrected chi connectivity index (χ1v) is 7.14. The molecule has 0 unspecified atom stereocenters. The second-order valence-electron chi connectivity index (χ2n) is 5.03. The highest BCUT2D eigenvalue weighted by Crippen LogP contribution is 2.31. The van der Waals surface area contributed by atoms with Crippen LogP contribution in [0.4, 0.5) is 9.59 Å². The number of aliphatic hydroxyl groups is 1. The Balaban J connectivity index is 3.12. The Morgan fingerprint density at radius 2 is 2.04 bits per heavy atom. The van der Waals surface area contributed by atoms with E-state index in [-0.39, 0.29) is 31.3 Å². The zero-order chi connectivity index (χ0) is 18.1. The van der Waals surface area contributed by atoms with Crippen molar-refractivity contribution in [1.82, 2.24) is 10.2 Å². The van der Waals surface area contributed by atoms with Gasteiger partial charge < -0.3 is 34.6 Å². The lowest BCUT2D eigenvalue weighted by atomic mass is 10.0. The van der Waals surface area contributed by atoms with Crippen LogP contribution in [0, 0.1) is 0 Å². The number of carbonyl (C=O) groups is 2. The Kier molecular flexibility index (Phi) is 7.80. The standard InChI is InChI=1S/C15H22N2O7/c1-17(2)15(21)24-10-4-5-11(13(8-10)23-9-22-3)12(6-7-18)16-14(19)20/h4-5,8,12,16,18H,6-7,9H2,1-3H3,(H,19,20)/t12-/m1/s1. The van der Waals surface area contributed by atoms with Gasteiger partial charge in [-0.1, -0.05) is 0 Å². The summed E-state index contributed by atoms with van der Waals surface area (Å²) < 4.78 is 15.4. The lowest BCUT2D eigenvalue weighted by Gasteiger charge is -2.20. The molecule has 0 heterocycles. The number of rotatable bonds is 8. The van der Waals surface area contributed by atoms with Crippen molar-refractivity contribution in [3.8, 4) is 11.5 Å². The zero-order valence-corrected chi connectivity index (χ0v) is 13.8. The van der Waals surface area contributed by atoms with Crippen LogP contribution in [-0.4, -0.2) is 61.9 Å². The summed E-state index contributed by atoms with van der Waals surface area (Å²) in [5.74, 6) is 0.523. The quantitative estimate of drug-likeness (QED) is 0.612. The van der Waals surface area contributed by atoms with Gasteiger partial charge in [0.15, 0.2) is 6.79 Å².